The summed E-state index contributed by atoms with van der Waals surface area (Å²) in [7, 11) is 0. The molecule has 0 aliphatic carbocycles. The molecule has 222 valence electrons. The third-order valence-electron chi connectivity index (χ3n) is 1.48. The van der Waals surface area contributed by atoms with Crippen molar-refractivity contribution in [3.63, 3.8) is 0 Å². The minimum Gasteiger partial charge on any atom is -0.544 e. The van der Waals surface area contributed by atoms with E-state index in [0.717, 1.165) is 0 Å². The maximum absolute atomic E-state index is 9.88. The summed E-state index contributed by atoms with van der Waals surface area (Å²) in [6.45, 7) is 23.4. The van der Waals surface area contributed by atoms with E-state index in [1.807, 2.05) is 0 Å². The van der Waals surface area contributed by atoms with Gasteiger partial charge in [0.15, 0.2) is 0 Å². The quantitative estimate of drug-likeness (QED) is 0.210. The van der Waals surface area contributed by atoms with Gasteiger partial charge in [0.1, 0.15) is 0 Å². The Morgan fingerprint density at radius 1 is 0.605 bits per heavy atom. The molecule has 0 fully saturated rings. The topological polar surface area (TPSA) is 143 Å². The van der Waals surface area contributed by atoms with Gasteiger partial charge in [0.05, 0.1) is 0 Å². The molecule has 2 atom stereocenters. The molecule has 0 aromatic rings. The fourth-order valence-corrected chi connectivity index (χ4v) is 0.783. The maximum atomic E-state index is 9.88. The number of rotatable bonds is 8. The van der Waals surface area contributed by atoms with E-state index in [2.05, 4.69) is 48.5 Å². The summed E-state index contributed by atoms with van der Waals surface area (Å²) in [6.07, 6.45) is 1.06. The van der Waals surface area contributed by atoms with E-state index < -0.39 is 12.2 Å². The van der Waals surface area contributed by atoms with Crippen LogP contribution in [-0.2, 0) is 242 Å². The molecule has 8 nitrogen and oxygen atoms in total. The Morgan fingerprint density at radius 2 is 0.763 bits per heavy atom. The van der Waals surface area contributed by atoms with E-state index in [1.54, 1.807) is 6.92 Å². The van der Waals surface area contributed by atoms with Crippen LogP contribution in [0.15, 0.2) is 0 Å². The molecule has 0 aliphatic rings. The van der Waals surface area contributed by atoms with Crippen LogP contribution in [0.5, 0.6) is 0 Å². The number of ketones is 4. The molecule has 2 radical (unpaired) electrons. The average molecular weight is 1990 g/mol. The van der Waals surface area contributed by atoms with Crippen molar-refractivity contribution in [1.29, 1.82) is 0 Å². The Labute approximate surface area is 397 Å². The maximum Gasteiger partial charge on any atom is 0.00695 e. The van der Waals surface area contributed by atoms with Gasteiger partial charge in [-0.2, -0.15) is 6.92 Å². The average Bonchev–Trinajstić information content (AvgIpc) is 2.47. The van der Waals surface area contributed by atoms with Crippen molar-refractivity contribution >= 4 is 59.7 Å². The molecular formula is C20H30IO8W7Y2-9. The molecule has 2 N–H and O–H groups in total. The Balaban J connectivity index is -0.0000000129. The van der Waals surface area contributed by atoms with Gasteiger partial charge in [-0.3, -0.25) is 19.0 Å². The predicted molar refractivity (Wildman–Crippen MR) is 120 cm³/mol. The van der Waals surface area contributed by atoms with Crippen LogP contribution in [0.25, 0.3) is 0 Å². The molecule has 0 bridgehead atoms. The molecule has 0 saturated heterocycles. The van der Waals surface area contributed by atoms with Gasteiger partial charge in [0.2, 0.25) is 0 Å². The molecule has 0 rings (SSSR count). The standard InChI is InChI=1S/C5H10O2.2C5H6O2.C3H2O2.C2H5.HI.7W.2Y/c3*1-4(6)3-5(2)7;4-2-1-3-5;1-2;;;;;;;;;;/h4-7H,1-3H2;2*1-3H2;1H2;1H2,2H3;1H;;;;;;;;;/q4*-2;-1;;;;;;;;;;. The molecule has 0 spiro atoms. The fourth-order valence-electron chi connectivity index (χ4n) is 0.783. The van der Waals surface area contributed by atoms with Crippen LogP contribution in [-0.4, -0.2) is 58.1 Å². The normalized spacial score (nSPS) is 7.42. The van der Waals surface area contributed by atoms with Crippen molar-refractivity contribution in [2.75, 3.05) is 0 Å². The third kappa shape index (κ3) is 181. The van der Waals surface area contributed by atoms with E-state index in [9.17, 15) is 19.2 Å². The number of Topliss-reactive ketones (excluding diaryl/α,β-unsaturated/α-hetero) is 4. The molecule has 38 heavy (non-hydrogen) atoms. The molecule has 0 amide bonds. The summed E-state index contributed by atoms with van der Waals surface area (Å²) in [6, 6.07) is 0. The summed E-state index contributed by atoms with van der Waals surface area (Å²) in [5, 5.41) is 16.8. The number of hydrogen-bond acceptors (Lipinski definition) is 8. The van der Waals surface area contributed by atoms with Gasteiger partial charge in [-0.1, -0.05) is 18.6 Å². The number of carbonyl (C=O) groups excluding carboxylic acids is 6. The summed E-state index contributed by atoms with van der Waals surface area (Å²) in [5.74, 6) is -1.50. The summed E-state index contributed by atoms with van der Waals surface area (Å²) < 4.78 is 0. The Bertz CT molecular complexity index is 407. The smallest absolute Gasteiger partial charge is 0.00695 e. The van der Waals surface area contributed by atoms with Gasteiger partial charge in [-0.25, -0.2) is 0 Å². The van der Waals surface area contributed by atoms with Crippen LogP contribution in [0.2, 0.25) is 0 Å². The second kappa shape index (κ2) is 84.0. The summed E-state index contributed by atoms with van der Waals surface area (Å²) in [4.78, 5) is 57.6. The van der Waals surface area contributed by atoms with E-state index >= 15 is 0 Å². The fraction of sp³-hybridized carbons (Fsp3) is 0.350. The molecule has 0 saturated carbocycles. The second-order valence-electron chi connectivity index (χ2n) is 4.52. The van der Waals surface area contributed by atoms with Crippen LogP contribution in [0.4, 0.5) is 0 Å². The van der Waals surface area contributed by atoms with Crippen molar-refractivity contribution in [3.8, 4) is 0 Å². The summed E-state index contributed by atoms with van der Waals surface area (Å²) >= 11 is 0. The third-order valence-corrected chi connectivity index (χ3v) is 1.48. The van der Waals surface area contributed by atoms with Gasteiger partial charge in [-0.05, 0) is 0 Å². The molecule has 0 heterocycles. The van der Waals surface area contributed by atoms with Crippen molar-refractivity contribution in [2.24, 2.45) is 0 Å². The van der Waals surface area contributed by atoms with Gasteiger partial charge in [-0.15, -0.1) is 24.0 Å². The zero-order valence-corrected chi connectivity index (χ0v) is 49.2. The number of aliphatic hydroxyl groups excluding tert-OH is 2. The SMILES string of the molecule is I.O=[C-]C[C-]=O.[CH2-]C.[CH2-]C(=O)CC([CH2-])=O.[CH2-]C(=O)CC([CH2-])=O.[CH2-]C(O)CC([CH2-])O.[W].[W].[W].[W].[W].[W].[W].[Y].[Y]. The first-order valence-corrected chi connectivity index (χ1v) is 7.62. The Hall–Kier alpha value is 5.18. The van der Waals surface area contributed by atoms with Gasteiger partial charge >= 0.3 is 0 Å². The molecule has 0 aliphatic heterocycles. The predicted octanol–water partition coefficient (Wildman–Crippen LogP) is 1.16. The van der Waals surface area contributed by atoms with Crippen molar-refractivity contribution in [2.45, 2.75) is 44.8 Å². The van der Waals surface area contributed by atoms with Crippen LogP contribution in [0.1, 0.15) is 32.6 Å². The molecular weight excluding hydrogens is 1960 g/mol. The molecule has 0 aromatic heterocycles. The number of halogens is 1. The van der Waals surface area contributed by atoms with Gasteiger partial charge < -0.3 is 87.4 Å². The first-order valence-electron chi connectivity index (χ1n) is 7.62. The first kappa shape index (κ1) is 96.7. The minimum atomic E-state index is -0.688. The monoisotopic (exact) mass is 1990 g/mol. The largest absolute Gasteiger partial charge is 0.544 e. The molecule has 18 heteroatoms. The Kier molecular flexibility index (Phi) is 214. The summed E-state index contributed by atoms with van der Waals surface area (Å²) in [5.41, 5.74) is 0. The van der Waals surface area contributed by atoms with Crippen LogP contribution >= 0.6 is 24.0 Å². The van der Waals surface area contributed by atoms with E-state index in [-0.39, 0.29) is 286 Å². The number of aliphatic hydroxyl groups is 2. The van der Waals surface area contributed by atoms with Gasteiger partial charge in [0.25, 0.3) is 0 Å². The van der Waals surface area contributed by atoms with E-state index in [4.69, 9.17) is 19.8 Å². The van der Waals surface area contributed by atoms with Crippen molar-refractivity contribution < 1.29 is 252 Å². The number of hydrogen-bond donors (Lipinski definition) is 2. The van der Waals surface area contributed by atoms with E-state index in [1.165, 1.54) is 12.6 Å². The van der Waals surface area contributed by atoms with Gasteiger partial charge in [0, 0.05) is 249 Å². The molecule has 0 aromatic carbocycles. The first-order chi connectivity index (χ1) is 12.8. The van der Waals surface area contributed by atoms with Crippen molar-refractivity contribution in [1.82, 2.24) is 0 Å². The zero-order valence-electron chi connectivity index (χ0n) is 20.7. The number of carbonyl (C=O) groups is 4. The molecule has 2 unspecified atom stereocenters. The zero-order chi connectivity index (χ0) is 23.7. The van der Waals surface area contributed by atoms with Crippen molar-refractivity contribution in [3.05, 3.63) is 48.5 Å². The minimum absolute atomic E-state index is 0. The second-order valence-corrected chi connectivity index (χ2v) is 4.52. The van der Waals surface area contributed by atoms with Crippen LogP contribution in [0, 0.1) is 48.5 Å². The Morgan fingerprint density at radius 3 is 0.763 bits per heavy atom. The van der Waals surface area contributed by atoms with Crippen LogP contribution < -0.4 is 0 Å². The van der Waals surface area contributed by atoms with E-state index in [0.29, 0.717) is 0 Å². The van der Waals surface area contributed by atoms with Crippen LogP contribution in [0.3, 0.4) is 0 Å².